The third-order valence-corrected chi connectivity index (χ3v) is 3.57. The van der Waals surface area contributed by atoms with Crippen molar-refractivity contribution in [3.63, 3.8) is 0 Å². The van der Waals surface area contributed by atoms with Gasteiger partial charge in [0, 0.05) is 6.20 Å². The van der Waals surface area contributed by atoms with Crippen LogP contribution in [0.1, 0.15) is 10.5 Å². The maximum absolute atomic E-state index is 12.7. The van der Waals surface area contributed by atoms with Crippen molar-refractivity contribution in [3.05, 3.63) is 24.0 Å². The summed E-state index contributed by atoms with van der Waals surface area (Å²) < 4.78 is 70.9. The highest BCUT2D eigenvalue weighted by molar-refractivity contribution is 7.85. The molecule has 2 rings (SSSR count). The molecule has 0 radical (unpaired) electrons. The first-order valence-corrected chi connectivity index (χ1v) is 6.62. The SMILES string of the molecule is O=C(OS(=O)(=O)NC1(C(F)(F)F)COC1)c1ccc[nH]1. The number of H-pyrrole nitrogens is 1. The monoisotopic (exact) mass is 314 g/mol. The molecule has 112 valence electrons. The van der Waals surface area contributed by atoms with E-state index < -0.39 is 41.2 Å². The van der Waals surface area contributed by atoms with E-state index in [0.717, 1.165) is 0 Å². The van der Waals surface area contributed by atoms with Crippen molar-refractivity contribution >= 4 is 16.3 Å². The number of hydrogen-bond acceptors (Lipinski definition) is 5. The molecular formula is C9H9F3N2O5S. The van der Waals surface area contributed by atoms with Gasteiger partial charge in [-0.3, -0.25) is 0 Å². The number of rotatable bonds is 4. The molecule has 7 nitrogen and oxygen atoms in total. The number of aromatic amines is 1. The first kappa shape index (κ1) is 14.8. The van der Waals surface area contributed by atoms with Crippen LogP contribution in [-0.2, 0) is 19.2 Å². The van der Waals surface area contributed by atoms with Crippen LogP contribution in [0, 0.1) is 0 Å². The lowest BCUT2D eigenvalue weighted by Gasteiger charge is -2.41. The maximum Gasteiger partial charge on any atom is 0.412 e. The highest BCUT2D eigenvalue weighted by Crippen LogP contribution is 2.36. The van der Waals surface area contributed by atoms with Crippen LogP contribution >= 0.6 is 0 Å². The number of hydrogen-bond donors (Lipinski definition) is 2. The molecule has 1 aliphatic heterocycles. The summed E-state index contributed by atoms with van der Waals surface area (Å²) in [6.45, 7) is -1.76. The summed E-state index contributed by atoms with van der Waals surface area (Å²) >= 11 is 0. The Balaban J connectivity index is 2.10. The molecule has 20 heavy (non-hydrogen) atoms. The molecular weight excluding hydrogens is 305 g/mol. The Labute approximate surface area is 111 Å². The Kier molecular flexibility index (Phi) is 3.52. The molecule has 1 fully saturated rings. The highest BCUT2D eigenvalue weighted by atomic mass is 32.2. The second kappa shape index (κ2) is 4.75. The topological polar surface area (TPSA) is 97.5 Å². The van der Waals surface area contributed by atoms with Crippen molar-refractivity contribution in [2.45, 2.75) is 11.7 Å². The molecule has 0 unspecified atom stereocenters. The van der Waals surface area contributed by atoms with E-state index in [-0.39, 0.29) is 5.69 Å². The number of ether oxygens (including phenoxy) is 1. The number of carbonyl (C=O) groups is 1. The number of alkyl halides is 3. The predicted octanol–water partition coefficient (Wildman–Crippen LogP) is 0.337. The van der Waals surface area contributed by atoms with Crippen LogP contribution in [0.2, 0.25) is 0 Å². The number of halogens is 3. The van der Waals surface area contributed by atoms with Crippen molar-refractivity contribution in [1.29, 1.82) is 0 Å². The Morgan fingerprint density at radius 1 is 1.45 bits per heavy atom. The van der Waals surface area contributed by atoms with Gasteiger partial charge in [-0.2, -0.15) is 26.3 Å². The summed E-state index contributed by atoms with van der Waals surface area (Å²) in [5, 5.41) is 0. The second-order valence-corrected chi connectivity index (χ2v) is 5.36. The van der Waals surface area contributed by atoms with Gasteiger partial charge in [0.15, 0.2) is 5.54 Å². The van der Waals surface area contributed by atoms with Crippen molar-refractivity contribution in [3.8, 4) is 0 Å². The summed E-state index contributed by atoms with van der Waals surface area (Å²) in [5.74, 6) is -1.32. The molecule has 2 N–H and O–H groups in total. The lowest BCUT2D eigenvalue weighted by atomic mass is 9.99. The van der Waals surface area contributed by atoms with Gasteiger partial charge in [0.05, 0.1) is 13.2 Å². The van der Waals surface area contributed by atoms with Crippen molar-refractivity contribution in [1.82, 2.24) is 9.71 Å². The lowest BCUT2D eigenvalue weighted by Crippen LogP contribution is -2.70. The molecule has 1 aliphatic rings. The molecule has 0 spiro atoms. The average Bonchev–Trinajstić information content (AvgIpc) is 2.74. The highest BCUT2D eigenvalue weighted by Gasteiger charge is 2.62. The third-order valence-electron chi connectivity index (χ3n) is 2.56. The van der Waals surface area contributed by atoms with Gasteiger partial charge in [-0.25, -0.2) is 4.79 Å². The van der Waals surface area contributed by atoms with Crippen molar-refractivity contribution in [2.24, 2.45) is 0 Å². The Bertz CT molecular complexity index is 592. The fourth-order valence-electron chi connectivity index (χ4n) is 1.45. The molecule has 1 saturated heterocycles. The van der Waals surface area contributed by atoms with E-state index in [1.54, 1.807) is 0 Å². The van der Waals surface area contributed by atoms with Crippen molar-refractivity contribution < 1.29 is 35.3 Å². The zero-order chi connectivity index (χ0) is 15.0. The summed E-state index contributed by atoms with van der Waals surface area (Å²) in [5.41, 5.74) is -2.97. The molecule has 0 amide bonds. The molecule has 0 aliphatic carbocycles. The van der Waals surface area contributed by atoms with Gasteiger partial charge in [-0.1, -0.05) is 0 Å². The Morgan fingerprint density at radius 2 is 2.10 bits per heavy atom. The van der Waals surface area contributed by atoms with E-state index in [9.17, 15) is 26.4 Å². The first-order valence-electron chi connectivity index (χ1n) is 5.21. The van der Waals surface area contributed by atoms with Gasteiger partial charge in [0.2, 0.25) is 0 Å². The van der Waals surface area contributed by atoms with E-state index in [0.29, 0.717) is 0 Å². The number of carbonyl (C=O) groups excluding carboxylic acids is 1. The van der Waals surface area contributed by atoms with Crippen LogP contribution in [0.4, 0.5) is 13.2 Å². The van der Waals surface area contributed by atoms with Gasteiger partial charge in [0.25, 0.3) is 0 Å². The predicted molar refractivity (Wildman–Crippen MR) is 57.9 cm³/mol. The summed E-state index contributed by atoms with van der Waals surface area (Å²) in [7, 11) is -4.93. The molecule has 0 bridgehead atoms. The number of nitrogens with one attached hydrogen (secondary N) is 2. The van der Waals surface area contributed by atoms with Crippen LogP contribution in [-0.4, -0.2) is 44.3 Å². The molecule has 0 atom stereocenters. The van der Waals surface area contributed by atoms with Crippen LogP contribution in [0.3, 0.4) is 0 Å². The Hall–Kier alpha value is -1.59. The van der Waals surface area contributed by atoms with E-state index in [4.69, 9.17) is 0 Å². The zero-order valence-electron chi connectivity index (χ0n) is 9.73. The molecule has 1 aromatic heterocycles. The van der Waals surface area contributed by atoms with Gasteiger partial charge in [0.1, 0.15) is 5.69 Å². The molecule has 0 aromatic carbocycles. The summed E-state index contributed by atoms with van der Waals surface area (Å²) in [6.07, 6.45) is -3.54. The standard InChI is InChI=1S/C9H9F3N2O5S/c10-9(11,12)8(4-18-5-8)14-20(16,17)19-7(15)6-2-1-3-13-6/h1-3,13-14H,4-5H2. The van der Waals surface area contributed by atoms with E-state index >= 15 is 0 Å². The minimum atomic E-state index is -4.93. The fourth-order valence-corrected chi connectivity index (χ4v) is 2.49. The molecule has 2 heterocycles. The van der Waals surface area contributed by atoms with E-state index in [1.807, 2.05) is 0 Å². The smallest absolute Gasteiger partial charge is 0.377 e. The largest absolute Gasteiger partial charge is 0.412 e. The Morgan fingerprint density at radius 3 is 2.50 bits per heavy atom. The van der Waals surface area contributed by atoms with Gasteiger partial charge < -0.3 is 13.9 Å². The van der Waals surface area contributed by atoms with Crippen LogP contribution < -0.4 is 4.72 Å². The molecule has 0 saturated carbocycles. The normalized spacial score (nSPS) is 18.4. The van der Waals surface area contributed by atoms with Crippen LogP contribution in [0.15, 0.2) is 18.3 Å². The molecule has 11 heteroatoms. The van der Waals surface area contributed by atoms with Gasteiger partial charge in [-0.15, -0.1) is 0 Å². The summed E-state index contributed by atoms with van der Waals surface area (Å²) in [6, 6.07) is 2.61. The van der Waals surface area contributed by atoms with E-state index in [1.165, 1.54) is 23.1 Å². The average molecular weight is 314 g/mol. The summed E-state index contributed by atoms with van der Waals surface area (Å²) in [4.78, 5) is 13.7. The van der Waals surface area contributed by atoms with Crippen molar-refractivity contribution in [2.75, 3.05) is 13.2 Å². The zero-order valence-corrected chi connectivity index (χ0v) is 10.5. The lowest BCUT2D eigenvalue weighted by molar-refractivity contribution is -0.261. The molecule has 1 aromatic rings. The number of aromatic nitrogens is 1. The maximum atomic E-state index is 12.7. The van der Waals surface area contributed by atoms with E-state index in [2.05, 4.69) is 13.9 Å². The fraction of sp³-hybridized carbons (Fsp3) is 0.444. The van der Waals surface area contributed by atoms with Crippen LogP contribution in [0.25, 0.3) is 0 Å². The van der Waals surface area contributed by atoms with Gasteiger partial charge >= 0.3 is 22.4 Å². The first-order chi connectivity index (χ1) is 9.15. The minimum Gasteiger partial charge on any atom is -0.377 e. The van der Waals surface area contributed by atoms with Crippen LogP contribution in [0.5, 0.6) is 0 Å². The second-order valence-electron chi connectivity index (χ2n) is 4.08. The third kappa shape index (κ3) is 2.78. The quantitative estimate of drug-likeness (QED) is 0.835. The van der Waals surface area contributed by atoms with Gasteiger partial charge in [-0.05, 0) is 12.1 Å². The minimum absolute atomic E-state index is 0.207.